The number of para-hydroxylation sites is 1. The van der Waals surface area contributed by atoms with Gasteiger partial charge in [-0.15, -0.1) is 0 Å². The highest BCUT2D eigenvalue weighted by Gasteiger charge is 2.21. The topological polar surface area (TPSA) is 85.8 Å². The van der Waals surface area contributed by atoms with Crippen molar-refractivity contribution >= 4 is 10.9 Å². The van der Waals surface area contributed by atoms with Crippen molar-refractivity contribution in [2.45, 2.75) is 64.1 Å². The van der Waals surface area contributed by atoms with Gasteiger partial charge in [0, 0.05) is 18.5 Å². The summed E-state index contributed by atoms with van der Waals surface area (Å²) in [5.74, 6) is 1.89. The van der Waals surface area contributed by atoms with Crippen LogP contribution < -0.4 is 10.9 Å². The summed E-state index contributed by atoms with van der Waals surface area (Å²) < 4.78 is 7.04. The zero-order valence-electron chi connectivity index (χ0n) is 15.6. The highest BCUT2D eigenvalue weighted by atomic mass is 16.5. The third-order valence-corrected chi connectivity index (χ3v) is 5.26. The average molecular weight is 367 g/mol. The Morgan fingerprint density at radius 1 is 1.26 bits per heavy atom. The fourth-order valence-electron chi connectivity index (χ4n) is 3.72. The van der Waals surface area contributed by atoms with E-state index in [1.807, 2.05) is 31.2 Å². The fraction of sp³-hybridized carbons (Fsp3) is 0.500. The van der Waals surface area contributed by atoms with Crippen molar-refractivity contribution in [3.8, 4) is 0 Å². The van der Waals surface area contributed by atoms with Crippen LogP contribution in [-0.4, -0.2) is 25.7 Å². The summed E-state index contributed by atoms with van der Waals surface area (Å²) >= 11 is 0. The van der Waals surface area contributed by atoms with Crippen LogP contribution in [0.4, 0.5) is 0 Å². The van der Waals surface area contributed by atoms with Crippen LogP contribution in [0.5, 0.6) is 0 Å². The Morgan fingerprint density at radius 2 is 2.07 bits per heavy atom. The maximum Gasteiger partial charge on any atom is 0.261 e. The second-order valence-corrected chi connectivity index (χ2v) is 7.38. The Labute approximate surface area is 157 Å². The minimum atomic E-state index is -0.0216. The summed E-state index contributed by atoms with van der Waals surface area (Å²) in [6, 6.07) is 7.47. The molecule has 1 aliphatic carbocycles. The monoisotopic (exact) mass is 367 g/mol. The molecule has 7 heteroatoms. The van der Waals surface area contributed by atoms with Crippen LogP contribution in [0.2, 0.25) is 0 Å². The van der Waals surface area contributed by atoms with Crippen molar-refractivity contribution in [3.05, 3.63) is 52.7 Å². The number of hydrogen-bond acceptors (Lipinski definition) is 6. The number of benzene rings is 1. The number of aromatic nitrogens is 4. The molecule has 0 bridgehead atoms. The third-order valence-electron chi connectivity index (χ3n) is 5.26. The Morgan fingerprint density at radius 3 is 2.93 bits per heavy atom. The van der Waals surface area contributed by atoms with E-state index in [4.69, 9.17) is 4.52 Å². The van der Waals surface area contributed by atoms with Crippen LogP contribution in [0.1, 0.15) is 56.7 Å². The van der Waals surface area contributed by atoms with Crippen LogP contribution in [-0.2, 0) is 13.1 Å². The van der Waals surface area contributed by atoms with Gasteiger partial charge in [-0.1, -0.05) is 36.6 Å². The van der Waals surface area contributed by atoms with Gasteiger partial charge in [0.25, 0.3) is 5.56 Å². The lowest BCUT2D eigenvalue weighted by atomic mass is 9.89. The number of nitrogens with zero attached hydrogens (tertiary/aromatic N) is 4. The van der Waals surface area contributed by atoms with Crippen LogP contribution >= 0.6 is 0 Å². The Kier molecular flexibility index (Phi) is 5.29. The van der Waals surface area contributed by atoms with Crippen molar-refractivity contribution in [3.63, 3.8) is 0 Å². The molecule has 0 spiro atoms. The molecule has 2 aromatic heterocycles. The molecule has 3 aromatic rings. The standard InChI is InChI=1S/C20H25N5O2/c1-14(12-25-13-22-17-10-6-5-9-16(17)20(25)26)21-11-18-23-19(24-27-18)15-7-3-2-4-8-15/h5-6,9-10,13-15,21H,2-4,7-8,11-12H2,1H3/t14-/m0/s1. The van der Waals surface area contributed by atoms with Crippen molar-refractivity contribution in [2.75, 3.05) is 0 Å². The van der Waals surface area contributed by atoms with E-state index in [0.29, 0.717) is 30.3 Å². The maximum atomic E-state index is 12.6. The van der Waals surface area contributed by atoms with E-state index in [1.165, 1.54) is 19.3 Å². The number of nitrogens with one attached hydrogen (secondary N) is 1. The minimum absolute atomic E-state index is 0.0216. The fourth-order valence-corrected chi connectivity index (χ4v) is 3.72. The first kappa shape index (κ1) is 17.9. The van der Waals surface area contributed by atoms with E-state index in [2.05, 4.69) is 20.4 Å². The summed E-state index contributed by atoms with van der Waals surface area (Å²) in [7, 11) is 0. The highest BCUT2D eigenvalue weighted by molar-refractivity contribution is 5.76. The lowest BCUT2D eigenvalue weighted by Crippen LogP contribution is -2.34. The summed E-state index contributed by atoms with van der Waals surface area (Å²) in [6.07, 6.45) is 7.72. The quantitative estimate of drug-likeness (QED) is 0.721. The van der Waals surface area contributed by atoms with E-state index in [1.54, 1.807) is 10.9 Å². The first-order chi connectivity index (χ1) is 13.2. The molecule has 1 N–H and O–H groups in total. The Hall–Kier alpha value is -2.54. The van der Waals surface area contributed by atoms with Gasteiger partial charge in [-0.2, -0.15) is 4.98 Å². The van der Waals surface area contributed by atoms with Crippen LogP contribution in [0.15, 0.2) is 39.9 Å². The number of fused-ring (bicyclic) bond motifs is 1. The highest BCUT2D eigenvalue weighted by Crippen LogP contribution is 2.30. The van der Waals surface area contributed by atoms with E-state index in [-0.39, 0.29) is 11.6 Å². The molecule has 142 valence electrons. The molecule has 0 radical (unpaired) electrons. The molecule has 7 nitrogen and oxygen atoms in total. The second kappa shape index (κ2) is 8.00. The molecule has 0 unspecified atom stereocenters. The number of rotatable bonds is 6. The van der Waals surface area contributed by atoms with Gasteiger partial charge in [0.2, 0.25) is 5.89 Å². The predicted molar refractivity (Wildman–Crippen MR) is 102 cm³/mol. The van der Waals surface area contributed by atoms with E-state index < -0.39 is 0 Å². The maximum absolute atomic E-state index is 12.6. The molecule has 27 heavy (non-hydrogen) atoms. The van der Waals surface area contributed by atoms with Gasteiger partial charge >= 0.3 is 0 Å². The van der Waals surface area contributed by atoms with Gasteiger partial charge in [-0.3, -0.25) is 9.36 Å². The minimum Gasteiger partial charge on any atom is -0.338 e. The zero-order chi connectivity index (χ0) is 18.6. The third kappa shape index (κ3) is 4.08. The van der Waals surface area contributed by atoms with Gasteiger partial charge in [0.05, 0.1) is 23.8 Å². The molecule has 1 aliphatic rings. The average Bonchev–Trinajstić information content (AvgIpc) is 3.19. The van der Waals surface area contributed by atoms with Crippen LogP contribution in [0, 0.1) is 0 Å². The largest absolute Gasteiger partial charge is 0.338 e. The molecule has 1 atom stereocenters. The molecule has 2 heterocycles. The smallest absolute Gasteiger partial charge is 0.261 e. The molecule has 0 saturated heterocycles. The summed E-state index contributed by atoms with van der Waals surface area (Å²) in [5.41, 5.74) is 0.701. The Balaban J connectivity index is 1.36. The summed E-state index contributed by atoms with van der Waals surface area (Å²) in [4.78, 5) is 21.5. The van der Waals surface area contributed by atoms with Gasteiger partial charge in [-0.25, -0.2) is 4.98 Å². The van der Waals surface area contributed by atoms with Crippen molar-refractivity contribution in [2.24, 2.45) is 0 Å². The van der Waals surface area contributed by atoms with Gasteiger partial charge < -0.3 is 9.84 Å². The van der Waals surface area contributed by atoms with Gasteiger partial charge in [0.1, 0.15) is 0 Å². The molecule has 1 saturated carbocycles. The van der Waals surface area contributed by atoms with Gasteiger partial charge in [0.15, 0.2) is 5.82 Å². The molecule has 0 aliphatic heterocycles. The second-order valence-electron chi connectivity index (χ2n) is 7.38. The van der Waals surface area contributed by atoms with Crippen LogP contribution in [0.25, 0.3) is 10.9 Å². The Bertz CT molecular complexity index is 958. The number of hydrogen-bond donors (Lipinski definition) is 1. The van der Waals surface area contributed by atoms with E-state index in [9.17, 15) is 4.79 Å². The van der Waals surface area contributed by atoms with E-state index in [0.717, 1.165) is 24.2 Å². The summed E-state index contributed by atoms with van der Waals surface area (Å²) in [5, 5.41) is 8.15. The van der Waals surface area contributed by atoms with Crippen LogP contribution in [0.3, 0.4) is 0 Å². The first-order valence-electron chi connectivity index (χ1n) is 9.71. The predicted octanol–water partition coefficient (Wildman–Crippen LogP) is 3.01. The molecular weight excluding hydrogens is 342 g/mol. The molecule has 4 rings (SSSR count). The molecule has 1 aromatic carbocycles. The summed E-state index contributed by atoms with van der Waals surface area (Å²) in [6.45, 7) is 3.05. The van der Waals surface area contributed by atoms with Crippen molar-refractivity contribution in [1.29, 1.82) is 0 Å². The molecule has 1 fully saturated rings. The molecule has 0 amide bonds. The molecular formula is C20H25N5O2. The zero-order valence-corrected chi connectivity index (χ0v) is 15.6. The van der Waals surface area contributed by atoms with Crippen molar-refractivity contribution < 1.29 is 4.52 Å². The lowest BCUT2D eigenvalue weighted by Gasteiger charge is -2.17. The lowest BCUT2D eigenvalue weighted by molar-refractivity contribution is 0.340. The SMILES string of the molecule is C[C@@H](Cn1cnc2ccccc2c1=O)NCc1nc(C2CCCCC2)no1. The van der Waals surface area contributed by atoms with Gasteiger partial charge in [-0.05, 0) is 31.9 Å². The van der Waals surface area contributed by atoms with E-state index >= 15 is 0 Å². The van der Waals surface area contributed by atoms with Crippen molar-refractivity contribution in [1.82, 2.24) is 25.0 Å². The normalized spacial score (nSPS) is 16.6. The first-order valence-corrected chi connectivity index (χ1v) is 9.71.